The van der Waals surface area contributed by atoms with Crippen LogP contribution in [0.1, 0.15) is 39.0 Å². The summed E-state index contributed by atoms with van der Waals surface area (Å²) < 4.78 is 12.8. The van der Waals surface area contributed by atoms with Gasteiger partial charge in [-0.2, -0.15) is 0 Å². The number of nitrogens with zero attached hydrogens (tertiary/aromatic N) is 2. The number of aromatic nitrogens is 1. The maximum Gasteiger partial charge on any atom is 0.254 e. The number of fused-ring (bicyclic) bond motifs is 2. The molecule has 184 valence electrons. The Hall–Kier alpha value is -4.26. The van der Waals surface area contributed by atoms with Gasteiger partial charge in [0.25, 0.3) is 5.91 Å². The molecule has 0 saturated carbocycles. The number of methoxy groups -OCH3 is 2. The summed E-state index contributed by atoms with van der Waals surface area (Å²) in [5.74, 6) is 0.483. The Morgan fingerprint density at radius 3 is 2.47 bits per heavy atom. The highest BCUT2D eigenvalue weighted by Crippen LogP contribution is 2.44. The number of para-hydroxylation sites is 1. The van der Waals surface area contributed by atoms with Crippen LogP contribution in [0.2, 0.25) is 0 Å². The summed E-state index contributed by atoms with van der Waals surface area (Å²) in [6.07, 6.45) is 2.03. The van der Waals surface area contributed by atoms with E-state index in [-0.39, 0.29) is 18.4 Å². The van der Waals surface area contributed by atoms with Crippen LogP contribution in [0.5, 0.6) is 11.5 Å². The number of benzene rings is 3. The lowest BCUT2D eigenvalue weighted by Gasteiger charge is -2.39. The molecule has 0 bridgehead atoms. The minimum Gasteiger partial charge on any atom is -0.497 e. The molecule has 2 atom stereocenters. The standard InChI is InChI=1S/C29H29N3O4/c1-31-17-23(20-9-7-8-12-24(20)31)27-26(21-10-5-6-11-22(21)29(34)32(27)2)28(33)30-16-18-13-14-19(35-3)15-25(18)36-4/h5-15,17,26-27H,16H2,1-4H3,(H,30,33). The minimum atomic E-state index is -0.584. The number of amides is 2. The van der Waals surface area contributed by atoms with Crippen molar-refractivity contribution in [3.05, 3.63) is 95.2 Å². The number of carbonyl (C=O) groups is 2. The highest BCUT2D eigenvalue weighted by Gasteiger charge is 2.43. The van der Waals surface area contributed by atoms with Gasteiger partial charge in [0.2, 0.25) is 5.91 Å². The van der Waals surface area contributed by atoms with E-state index in [2.05, 4.69) is 5.32 Å². The number of hydrogen-bond acceptors (Lipinski definition) is 4. The van der Waals surface area contributed by atoms with Crippen molar-refractivity contribution in [2.75, 3.05) is 21.3 Å². The molecule has 1 aliphatic rings. The van der Waals surface area contributed by atoms with Gasteiger partial charge in [-0.3, -0.25) is 9.59 Å². The van der Waals surface area contributed by atoms with Gasteiger partial charge in [-0.25, -0.2) is 0 Å². The molecule has 1 aliphatic heterocycles. The molecule has 2 unspecified atom stereocenters. The number of nitrogens with one attached hydrogen (secondary N) is 1. The van der Waals surface area contributed by atoms with Crippen molar-refractivity contribution in [1.82, 2.24) is 14.8 Å². The van der Waals surface area contributed by atoms with Crippen molar-refractivity contribution in [2.45, 2.75) is 18.5 Å². The van der Waals surface area contributed by atoms with Gasteiger partial charge in [0.15, 0.2) is 0 Å². The van der Waals surface area contributed by atoms with E-state index >= 15 is 0 Å². The molecule has 2 heterocycles. The molecule has 1 N–H and O–H groups in total. The van der Waals surface area contributed by atoms with Gasteiger partial charge in [-0.1, -0.05) is 36.4 Å². The average molecular weight is 484 g/mol. The van der Waals surface area contributed by atoms with Crippen LogP contribution >= 0.6 is 0 Å². The molecule has 0 saturated heterocycles. The fraction of sp³-hybridized carbons (Fsp3) is 0.241. The first kappa shape index (κ1) is 23.5. The first-order valence-corrected chi connectivity index (χ1v) is 11.8. The first-order chi connectivity index (χ1) is 17.4. The molecule has 7 nitrogen and oxygen atoms in total. The lowest BCUT2D eigenvalue weighted by Crippen LogP contribution is -2.45. The summed E-state index contributed by atoms with van der Waals surface area (Å²) in [4.78, 5) is 29.0. The molecular weight excluding hydrogens is 454 g/mol. The maximum atomic E-state index is 13.9. The van der Waals surface area contributed by atoms with Gasteiger partial charge in [0.05, 0.1) is 26.2 Å². The second-order valence-corrected chi connectivity index (χ2v) is 9.03. The number of rotatable bonds is 6. The van der Waals surface area contributed by atoms with Crippen molar-refractivity contribution in [2.24, 2.45) is 7.05 Å². The van der Waals surface area contributed by atoms with E-state index in [1.165, 1.54) is 0 Å². The van der Waals surface area contributed by atoms with Crippen LogP contribution in [0.15, 0.2) is 72.9 Å². The summed E-state index contributed by atoms with van der Waals surface area (Å²) in [6.45, 7) is 0.282. The van der Waals surface area contributed by atoms with Crippen LogP contribution < -0.4 is 14.8 Å². The van der Waals surface area contributed by atoms with Crippen molar-refractivity contribution < 1.29 is 19.1 Å². The van der Waals surface area contributed by atoms with E-state index in [1.54, 1.807) is 38.3 Å². The van der Waals surface area contributed by atoms with Gasteiger partial charge in [-0.05, 0) is 29.8 Å². The quantitative estimate of drug-likeness (QED) is 0.441. The molecule has 7 heteroatoms. The van der Waals surface area contributed by atoms with Gasteiger partial charge >= 0.3 is 0 Å². The number of hydrogen-bond donors (Lipinski definition) is 1. The second kappa shape index (κ2) is 9.41. The van der Waals surface area contributed by atoms with Crippen LogP contribution in [-0.4, -0.2) is 42.5 Å². The molecule has 2 amide bonds. The molecular formula is C29H29N3O4. The Kier molecular flexibility index (Phi) is 6.14. The fourth-order valence-corrected chi connectivity index (χ4v) is 5.24. The predicted octanol–water partition coefficient (Wildman–Crippen LogP) is 4.42. The highest BCUT2D eigenvalue weighted by molar-refractivity contribution is 6.02. The highest BCUT2D eigenvalue weighted by atomic mass is 16.5. The molecule has 1 aromatic heterocycles. The van der Waals surface area contributed by atoms with E-state index in [4.69, 9.17) is 9.47 Å². The first-order valence-electron chi connectivity index (χ1n) is 11.8. The Labute approximate surface area is 210 Å². The van der Waals surface area contributed by atoms with Crippen molar-refractivity contribution in [3.63, 3.8) is 0 Å². The van der Waals surface area contributed by atoms with Crippen LogP contribution in [0.4, 0.5) is 0 Å². The third-order valence-corrected chi connectivity index (χ3v) is 7.06. The van der Waals surface area contributed by atoms with E-state index in [1.807, 2.05) is 72.4 Å². The monoisotopic (exact) mass is 483 g/mol. The zero-order valence-electron chi connectivity index (χ0n) is 20.8. The molecule has 0 spiro atoms. The van der Waals surface area contributed by atoms with Gasteiger partial charge < -0.3 is 24.3 Å². The molecule has 36 heavy (non-hydrogen) atoms. The fourth-order valence-electron chi connectivity index (χ4n) is 5.24. The van der Waals surface area contributed by atoms with Gasteiger partial charge in [-0.15, -0.1) is 0 Å². The molecule has 0 fully saturated rings. The van der Waals surface area contributed by atoms with Crippen molar-refractivity contribution in [1.29, 1.82) is 0 Å². The SMILES string of the molecule is COc1ccc(CNC(=O)C2c3ccccc3C(=O)N(C)C2c2cn(C)c3ccccc23)c(OC)c1. The Balaban J connectivity index is 1.56. The zero-order valence-corrected chi connectivity index (χ0v) is 20.8. The van der Waals surface area contributed by atoms with Gasteiger partial charge in [0, 0.05) is 60.5 Å². The lowest BCUT2D eigenvalue weighted by atomic mass is 9.79. The summed E-state index contributed by atoms with van der Waals surface area (Å²) in [6, 6.07) is 20.5. The Morgan fingerprint density at radius 1 is 0.944 bits per heavy atom. The Bertz CT molecular complexity index is 1460. The summed E-state index contributed by atoms with van der Waals surface area (Å²) in [7, 11) is 6.95. The predicted molar refractivity (Wildman–Crippen MR) is 138 cm³/mol. The van der Waals surface area contributed by atoms with Crippen LogP contribution in [0.25, 0.3) is 10.9 Å². The second-order valence-electron chi connectivity index (χ2n) is 9.03. The van der Waals surface area contributed by atoms with Crippen LogP contribution in [-0.2, 0) is 18.4 Å². The molecule has 0 aliphatic carbocycles. The largest absolute Gasteiger partial charge is 0.497 e. The third kappa shape index (κ3) is 3.86. The van der Waals surface area contributed by atoms with Crippen molar-refractivity contribution in [3.8, 4) is 11.5 Å². The number of ether oxygens (including phenoxy) is 2. The van der Waals surface area contributed by atoms with E-state index in [0.717, 1.165) is 27.6 Å². The lowest BCUT2D eigenvalue weighted by molar-refractivity contribution is -0.124. The van der Waals surface area contributed by atoms with Crippen molar-refractivity contribution >= 4 is 22.7 Å². The van der Waals surface area contributed by atoms with Gasteiger partial charge in [0.1, 0.15) is 11.5 Å². The number of likely N-dealkylation sites (N-methyl/N-ethyl adjacent to an activating group) is 1. The topological polar surface area (TPSA) is 72.8 Å². The van der Waals surface area contributed by atoms with E-state index < -0.39 is 12.0 Å². The third-order valence-electron chi connectivity index (χ3n) is 7.06. The maximum absolute atomic E-state index is 13.9. The molecule has 0 radical (unpaired) electrons. The Morgan fingerprint density at radius 2 is 1.69 bits per heavy atom. The summed E-state index contributed by atoms with van der Waals surface area (Å²) >= 11 is 0. The zero-order chi connectivity index (χ0) is 25.4. The summed E-state index contributed by atoms with van der Waals surface area (Å²) in [5, 5.41) is 4.13. The van der Waals surface area contributed by atoms with Crippen LogP contribution in [0.3, 0.4) is 0 Å². The minimum absolute atomic E-state index is 0.0931. The molecule has 3 aromatic carbocycles. The molecule has 4 aromatic rings. The van der Waals surface area contributed by atoms with Crippen LogP contribution in [0, 0.1) is 0 Å². The van der Waals surface area contributed by atoms with E-state index in [9.17, 15) is 9.59 Å². The van der Waals surface area contributed by atoms with E-state index in [0.29, 0.717) is 17.1 Å². The number of aryl methyl sites for hydroxylation is 1. The normalized spacial score (nSPS) is 17.1. The number of carbonyl (C=O) groups excluding carboxylic acids is 2. The molecule has 5 rings (SSSR count). The average Bonchev–Trinajstić information content (AvgIpc) is 3.25. The smallest absolute Gasteiger partial charge is 0.254 e. The summed E-state index contributed by atoms with van der Waals surface area (Å²) in [5.41, 5.74) is 4.12.